The molecule has 2 aromatic carbocycles. The summed E-state index contributed by atoms with van der Waals surface area (Å²) in [7, 11) is 0. The monoisotopic (exact) mass is 280 g/mol. The molecule has 0 fully saturated rings. The number of aromatic hydroxyl groups is 1. The molecule has 0 unspecified atom stereocenters. The summed E-state index contributed by atoms with van der Waals surface area (Å²) in [5.74, 6) is -2.23. The number of nitrogens with one attached hydrogen (secondary N) is 1. The van der Waals surface area contributed by atoms with Gasteiger partial charge < -0.3 is 10.4 Å². The Labute approximate surface area is 112 Å². The summed E-state index contributed by atoms with van der Waals surface area (Å²) >= 11 is 0. The molecule has 2 aromatic rings. The van der Waals surface area contributed by atoms with E-state index in [1.807, 2.05) is 0 Å². The standard InChI is InChI=1S/C13H10F2N2O3/c14-10-3-1-2-8(13(10)15)7-16-11-5-4-9(18)6-12(11)17(19)20/h1-6,16,18H,7H2. The first-order chi connectivity index (χ1) is 9.49. The number of nitrogens with zero attached hydrogens (tertiary/aromatic N) is 1. The molecule has 0 aliphatic rings. The number of benzene rings is 2. The molecule has 0 spiro atoms. The van der Waals surface area contributed by atoms with Gasteiger partial charge in [-0.1, -0.05) is 12.1 Å². The molecule has 0 radical (unpaired) electrons. The van der Waals surface area contributed by atoms with Crippen molar-refractivity contribution >= 4 is 11.4 Å². The normalized spacial score (nSPS) is 10.3. The summed E-state index contributed by atoms with van der Waals surface area (Å²) in [5.41, 5.74) is -0.189. The first-order valence-electron chi connectivity index (χ1n) is 5.63. The van der Waals surface area contributed by atoms with Crippen LogP contribution >= 0.6 is 0 Å². The molecule has 5 nitrogen and oxygen atoms in total. The van der Waals surface area contributed by atoms with Gasteiger partial charge in [0.15, 0.2) is 11.6 Å². The highest BCUT2D eigenvalue weighted by Crippen LogP contribution is 2.28. The van der Waals surface area contributed by atoms with Crippen molar-refractivity contribution in [2.75, 3.05) is 5.32 Å². The zero-order chi connectivity index (χ0) is 14.7. The average Bonchev–Trinajstić information content (AvgIpc) is 2.41. The number of rotatable bonds is 4. The van der Waals surface area contributed by atoms with Gasteiger partial charge in [0.2, 0.25) is 0 Å². The summed E-state index contributed by atoms with van der Waals surface area (Å²) in [4.78, 5) is 10.2. The minimum Gasteiger partial charge on any atom is -0.508 e. The first-order valence-corrected chi connectivity index (χ1v) is 5.63. The number of phenolic OH excluding ortho intramolecular Hbond substituents is 1. The largest absolute Gasteiger partial charge is 0.508 e. The number of hydrogen-bond donors (Lipinski definition) is 2. The molecule has 0 saturated carbocycles. The summed E-state index contributed by atoms with van der Waals surface area (Å²) in [5, 5.41) is 22.7. The second-order valence-electron chi connectivity index (χ2n) is 4.03. The van der Waals surface area contributed by atoms with E-state index in [0.717, 1.165) is 12.1 Å². The van der Waals surface area contributed by atoms with Crippen molar-refractivity contribution < 1.29 is 18.8 Å². The van der Waals surface area contributed by atoms with Crippen molar-refractivity contribution in [2.45, 2.75) is 6.54 Å². The Hall–Kier alpha value is -2.70. The summed E-state index contributed by atoms with van der Waals surface area (Å²) in [6, 6.07) is 7.24. The molecule has 0 heterocycles. The fourth-order valence-electron chi connectivity index (χ4n) is 1.70. The lowest BCUT2D eigenvalue weighted by Crippen LogP contribution is -2.05. The third kappa shape index (κ3) is 2.82. The van der Waals surface area contributed by atoms with Crippen molar-refractivity contribution in [1.29, 1.82) is 0 Å². The van der Waals surface area contributed by atoms with Gasteiger partial charge in [0.25, 0.3) is 5.69 Å². The second-order valence-corrected chi connectivity index (χ2v) is 4.03. The van der Waals surface area contributed by atoms with Crippen molar-refractivity contribution in [1.82, 2.24) is 0 Å². The smallest absolute Gasteiger partial charge is 0.296 e. The quantitative estimate of drug-likeness (QED) is 0.512. The molecule has 0 aliphatic carbocycles. The molecule has 7 heteroatoms. The molecule has 0 atom stereocenters. The number of nitro groups is 1. The molecule has 2 N–H and O–H groups in total. The molecule has 0 aliphatic heterocycles. The fraction of sp³-hybridized carbons (Fsp3) is 0.0769. The van der Waals surface area contributed by atoms with Crippen molar-refractivity contribution in [3.63, 3.8) is 0 Å². The van der Waals surface area contributed by atoms with Gasteiger partial charge in [-0.2, -0.15) is 0 Å². The third-order valence-corrected chi connectivity index (χ3v) is 2.68. The van der Waals surface area contributed by atoms with E-state index in [1.165, 1.54) is 24.3 Å². The zero-order valence-corrected chi connectivity index (χ0v) is 10.1. The van der Waals surface area contributed by atoms with E-state index in [-0.39, 0.29) is 29.2 Å². The van der Waals surface area contributed by atoms with Crippen LogP contribution in [0.15, 0.2) is 36.4 Å². The van der Waals surface area contributed by atoms with Crippen molar-refractivity contribution in [3.8, 4) is 5.75 Å². The molecule has 104 valence electrons. The topological polar surface area (TPSA) is 75.4 Å². The van der Waals surface area contributed by atoms with Gasteiger partial charge in [-0.3, -0.25) is 10.1 Å². The van der Waals surface area contributed by atoms with Crippen LogP contribution in [0.2, 0.25) is 0 Å². The maximum Gasteiger partial charge on any atom is 0.296 e. The fourth-order valence-corrected chi connectivity index (χ4v) is 1.70. The summed E-state index contributed by atoms with van der Waals surface area (Å²) in [6.45, 7) is -0.116. The number of phenols is 1. The molecule has 0 bridgehead atoms. The van der Waals surface area contributed by atoms with Crippen LogP contribution in [0, 0.1) is 21.7 Å². The van der Waals surface area contributed by atoms with E-state index in [0.29, 0.717) is 0 Å². The third-order valence-electron chi connectivity index (χ3n) is 2.68. The van der Waals surface area contributed by atoms with Crippen LogP contribution in [0.4, 0.5) is 20.2 Å². The number of nitro benzene ring substituents is 1. The maximum atomic E-state index is 13.4. The highest BCUT2D eigenvalue weighted by atomic mass is 19.2. The van der Waals surface area contributed by atoms with Gasteiger partial charge in [-0.25, -0.2) is 8.78 Å². The van der Waals surface area contributed by atoms with Crippen LogP contribution < -0.4 is 5.32 Å². The maximum absolute atomic E-state index is 13.4. The Morgan fingerprint density at radius 2 is 2.00 bits per heavy atom. The molecule has 20 heavy (non-hydrogen) atoms. The molecular formula is C13H10F2N2O3. The number of anilines is 1. The Morgan fingerprint density at radius 3 is 2.70 bits per heavy atom. The number of hydrogen-bond acceptors (Lipinski definition) is 4. The van der Waals surface area contributed by atoms with Crippen LogP contribution in [-0.4, -0.2) is 10.0 Å². The summed E-state index contributed by atoms with van der Waals surface area (Å²) < 4.78 is 26.5. The van der Waals surface area contributed by atoms with Gasteiger partial charge in [-0.15, -0.1) is 0 Å². The van der Waals surface area contributed by atoms with Gasteiger partial charge in [0.1, 0.15) is 11.4 Å². The highest BCUT2D eigenvalue weighted by molar-refractivity contribution is 5.63. The van der Waals surface area contributed by atoms with Gasteiger partial charge in [-0.05, 0) is 18.2 Å². The Morgan fingerprint density at radius 1 is 1.25 bits per heavy atom. The van der Waals surface area contributed by atoms with Crippen LogP contribution in [-0.2, 0) is 6.54 Å². The molecular weight excluding hydrogens is 270 g/mol. The zero-order valence-electron chi connectivity index (χ0n) is 10.1. The minimum atomic E-state index is -0.999. The lowest BCUT2D eigenvalue weighted by Gasteiger charge is -2.08. The molecule has 0 saturated heterocycles. The molecule has 0 aromatic heterocycles. The van der Waals surface area contributed by atoms with E-state index in [1.54, 1.807) is 0 Å². The molecule has 2 rings (SSSR count). The van der Waals surface area contributed by atoms with Gasteiger partial charge in [0, 0.05) is 12.1 Å². The van der Waals surface area contributed by atoms with Crippen LogP contribution in [0.1, 0.15) is 5.56 Å². The van der Waals surface area contributed by atoms with Crippen molar-refractivity contribution in [2.24, 2.45) is 0 Å². The van der Waals surface area contributed by atoms with Crippen LogP contribution in [0.5, 0.6) is 5.75 Å². The SMILES string of the molecule is O=[N+]([O-])c1cc(O)ccc1NCc1cccc(F)c1F. The van der Waals surface area contributed by atoms with E-state index in [9.17, 15) is 24.0 Å². The summed E-state index contributed by atoms with van der Waals surface area (Å²) in [6.07, 6.45) is 0. The lowest BCUT2D eigenvalue weighted by atomic mass is 10.2. The minimum absolute atomic E-state index is 0.0485. The Bertz CT molecular complexity index is 662. The second kappa shape index (κ2) is 5.52. The van der Waals surface area contributed by atoms with Crippen LogP contribution in [0.3, 0.4) is 0 Å². The van der Waals surface area contributed by atoms with E-state index < -0.39 is 16.6 Å². The van der Waals surface area contributed by atoms with E-state index >= 15 is 0 Å². The Kier molecular flexibility index (Phi) is 3.79. The average molecular weight is 280 g/mol. The van der Waals surface area contributed by atoms with Crippen molar-refractivity contribution in [3.05, 3.63) is 63.7 Å². The Balaban J connectivity index is 2.23. The van der Waals surface area contributed by atoms with Crippen LogP contribution in [0.25, 0.3) is 0 Å². The predicted octanol–water partition coefficient (Wildman–Crippen LogP) is 3.19. The highest BCUT2D eigenvalue weighted by Gasteiger charge is 2.15. The van der Waals surface area contributed by atoms with Gasteiger partial charge in [0.05, 0.1) is 11.0 Å². The van der Waals surface area contributed by atoms with E-state index in [2.05, 4.69) is 5.32 Å². The predicted molar refractivity (Wildman–Crippen MR) is 68.4 cm³/mol. The first kappa shape index (κ1) is 13.7. The number of halogens is 2. The lowest BCUT2D eigenvalue weighted by molar-refractivity contribution is -0.384. The van der Waals surface area contributed by atoms with E-state index in [4.69, 9.17) is 0 Å². The van der Waals surface area contributed by atoms with Gasteiger partial charge >= 0.3 is 0 Å². The molecule has 0 amide bonds.